The van der Waals surface area contributed by atoms with E-state index < -0.39 is 37.3 Å². The summed E-state index contributed by atoms with van der Waals surface area (Å²) in [6, 6.07) is 14.0. The standard InChI is InChI=1S/C23H27ClFNO4/c1-2-13-6-8-14(9-7-13)10-15-11-26(17-5-3-4-16(24)19(15)17)23-22(29)21(28)20(25)18(12-27)30-23/h3-9,15,18,20-23,27-29H,2,10-12H2,1H3/t15?,18-,20-,21+,22-,23-/m1/s1. The molecule has 4 rings (SSSR count). The first-order valence-corrected chi connectivity index (χ1v) is 10.7. The van der Waals surface area contributed by atoms with E-state index in [0.717, 1.165) is 24.1 Å². The van der Waals surface area contributed by atoms with Gasteiger partial charge in [0.25, 0.3) is 0 Å². The van der Waals surface area contributed by atoms with E-state index >= 15 is 0 Å². The van der Waals surface area contributed by atoms with Crippen LogP contribution in [0.2, 0.25) is 5.02 Å². The van der Waals surface area contributed by atoms with Crippen LogP contribution in [-0.4, -0.2) is 59.2 Å². The predicted octanol–water partition coefficient (Wildman–Crippen LogP) is 2.83. The first-order chi connectivity index (χ1) is 14.4. The van der Waals surface area contributed by atoms with Crippen molar-refractivity contribution in [1.82, 2.24) is 0 Å². The molecule has 0 saturated carbocycles. The Labute approximate surface area is 180 Å². The van der Waals surface area contributed by atoms with Crippen molar-refractivity contribution in [3.63, 3.8) is 0 Å². The lowest BCUT2D eigenvalue weighted by atomic mass is 9.93. The maximum atomic E-state index is 14.2. The average Bonchev–Trinajstić information content (AvgIpc) is 3.12. The van der Waals surface area contributed by atoms with Gasteiger partial charge in [-0.3, -0.25) is 0 Å². The highest BCUT2D eigenvalue weighted by molar-refractivity contribution is 6.32. The summed E-state index contributed by atoms with van der Waals surface area (Å²) >= 11 is 6.55. The number of nitrogens with zero attached hydrogens (tertiary/aromatic N) is 1. The SMILES string of the molecule is CCc1ccc(CC2CN([C@@H]3O[C@H](CO)[C@@H](F)[C@H](O)[C@H]3O)c3cccc(Cl)c32)cc1. The quantitative estimate of drug-likeness (QED) is 0.673. The molecular weight excluding hydrogens is 409 g/mol. The highest BCUT2D eigenvalue weighted by atomic mass is 35.5. The van der Waals surface area contributed by atoms with Crippen LogP contribution in [0.3, 0.4) is 0 Å². The molecule has 0 amide bonds. The van der Waals surface area contributed by atoms with Crippen LogP contribution in [0.25, 0.3) is 0 Å². The number of aliphatic hydroxyl groups is 3. The molecular formula is C23H27ClFNO4. The second-order valence-electron chi connectivity index (χ2n) is 8.07. The number of ether oxygens (including phenoxy) is 1. The van der Waals surface area contributed by atoms with E-state index in [-0.39, 0.29) is 5.92 Å². The van der Waals surface area contributed by atoms with E-state index in [2.05, 4.69) is 31.2 Å². The van der Waals surface area contributed by atoms with Gasteiger partial charge in [0.05, 0.1) is 6.61 Å². The zero-order valence-electron chi connectivity index (χ0n) is 16.8. The molecule has 30 heavy (non-hydrogen) atoms. The third kappa shape index (κ3) is 3.83. The van der Waals surface area contributed by atoms with Gasteiger partial charge in [0.15, 0.2) is 12.4 Å². The van der Waals surface area contributed by atoms with Gasteiger partial charge in [-0.05, 0) is 41.7 Å². The number of hydrogen-bond acceptors (Lipinski definition) is 5. The summed E-state index contributed by atoms with van der Waals surface area (Å²) < 4.78 is 19.9. The molecule has 1 unspecified atom stereocenters. The van der Waals surface area contributed by atoms with Gasteiger partial charge in [0.1, 0.15) is 18.3 Å². The van der Waals surface area contributed by atoms with Gasteiger partial charge in [-0.2, -0.15) is 0 Å². The summed E-state index contributed by atoms with van der Waals surface area (Å²) in [5.41, 5.74) is 4.19. The zero-order valence-corrected chi connectivity index (χ0v) is 17.5. The summed E-state index contributed by atoms with van der Waals surface area (Å²) in [6.07, 6.45) is -5.38. The lowest BCUT2D eigenvalue weighted by Crippen LogP contribution is -2.62. The number of benzene rings is 2. The third-order valence-electron chi connectivity index (χ3n) is 6.20. The van der Waals surface area contributed by atoms with Crippen LogP contribution in [0, 0.1) is 0 Å². The summed E-state index contributed by atoms with van der Waals surface area (Å²) in [5, 5.41) is 30.8. The molecule has 2 aliphatic rings. The van der Waals surface area contributed by atoms with Crippen molar-refractivity contribution in [3.05, 3.63) is 64.2 Å². The largest absolute Gasteiger partial charge is 0.394 e. The van der Waals surface area contributed by atoms with Gasteiger partial charge < -0.3 is 25.0 Å². The number of aliphatic hydroxyl groups excluding tert-OH is 3. The van der Waals surface area contributed by atoms with Crippen LogP contribution in [0.1, 0.15) is 29.5 Å². The topological polar surface area (TPSA) is 73.2 Å². The van der Waals surface area contributed by atoms with Crippen molar-refractivity contribution in [2.24, 2.45) is 0 Å². The Kier molecular flexibility index (Phi) is 6.32. The molecule has 1 saturated heterocycles. The number of anilines is 1. The molecule has 7 heteroatoms. The van der Waals surface area contributed by atoms with Gasteiger partial charge in [-0.25, -0.2) is 4.39 Å². The smallest absolute Gasteiger partial charge is 0.159 e. The molecule has 0 aliphatic carbocycles. The van der Waals surface area contributed by atoms with Gasteiger partial charge in [-0.1, -0.05) is 48.9 Å². The van der Waals surface area contributed by atoms with Gasteiger partial charge in [-0.15, -0.1) is 0 Å². The Morgan fingerprint density at radius 3 is 2.47 bits per heavy atom. The molecule has 2 aliphatic heterocycles. The van der Waals surface area contributed by atoms with Crippen LogP contribution in [-0.2, 0) is 17.6 Å². The molecule has 0 radical (unpaired) electrons. The summed E-state index contributed by atoms with van der Waals surface area (Å²) in [6.45, 7) is 2.04. The van der Waals surface area contributed by atoms with Crippen LogP contribution in [0.5, 0.6) is 0 Å². The molecule has 5 nitrogen and oxygen atoms in total. The molecule has 3 N–H and O–H groups in total. The second-order valence-corrected chi connectivity index (χ2v) is 8.48. The van der Waals surface area contributed by atoms with E-state index in [4.69, 9.17) is 16.3 Å². The van der Waals surface area contributed by atoms with Crippen molar-refractivity contribution in [1.29, 1.82) is 0 Å². The van der Waals surface area contributed by atoms with Crippen molar-refractivity contribution < 1.29 is 24.4 Å². The third-order valence-corrected chi connectivity index (χ3v) is 6.53. The molecule has 6 atom stereocenters. The maximum absolute atomic E-state index is 14.2. The molecule has 0 aromatic heterocycles. The molecule has 2 aromatic rings. The van der Waals surface area contributed by atoms with Crippen LogP contribution >= 0.6 is 11.6 Å². The lowest BCUT2D eigenvalue weighted by Gasteiger charge is -2.43. The highest BCUT2D eigenvalue weighted by Gasteiger charge is 2.49. The van der Waals surface area contributed by atoms with E-state index in [1.54, 1.807) is 0 Å². The molecule has 1 fully saturated rings. The average molecular weight is 436 g/mol. The van der Waals surface area contributed by atoms with E-state index in [9.17, 15) is 19.7 Å². The summed E-state index contributed by atoms with van der Waals surface area (Å²) in [5.74, 6) is 0.0461. The molecule has 2 heterocycles. The number of aryl methyl sites for hydroxylation is 1. The number of fused-ring (bicyclic) bond motifs is 1. The summed E-state index contributed by atoms with van der Waals surface area (Å²) in [7, 11) is 0. The maximum Gasteiger partial charge on any atom is 0.159 e. The van der Waals surface area contributed by atoms with Gasteiger partial charge in [0, 0.05) is 23.2 Å². The molecule has 162 valence electrons. The predicted molar refractivity (Wildman–Crippen MR) is 114 cm³/mol. The minimum atomic E-state index is -1.85. The van der Waals surface area contributed by atoms with Crippen LogP contribution < -0.4 is 4.90 Å². The number of hydrogen-bond donors (Lipinski definition) is 3. The minimum Gasteiger partial charge on any atom is -0.394 e. The van der Waals surface area contributed by atoms with E-state index in [1.807, 2.05) is 23.1 Å². The number of halogens is 2. The fraction of sp³-hybridized carbons (Fsp3) is 0.478. The minimum absolute atomic E-state index is 0.0461. The first-order valence-electron chi connectivity index (χ1n) is 10.3. The Balaban J connectivity index is 1.63. The van der Waals surface area contributed by atoms with Crippen molar-refractivity contribution in [2.75, 3.05) is 18.1 Å². The fourth-order valence-electron chi connectivity index (χ4n) is 4.52. The Morgan fingerprint density at radius 2 is 1.80 bits per heavy atom. The Bertz CT molecular complexity index is 878. The van der Waals surface area contributed by atoms with Crippen LogP contribution in [0.15, 0.2) is 42.5 Å². The first kappa shape index (κ1) is 21.5. The highest BCUT2D eigenvalue weighted by Crippen LogP contribution is 2.44. The number of alkyl halides is 1. The van der Waals surface area contributed by atoms with Crippen molar-refractivity contribution in [3.8, 4) is 0 Å². The molecule has 0 spiro atoms. The zero-order chi connectivity index (χ0) is 21.4. The van der Waals surface area contributed by atoms with Crippen molar-refractivity contribution in [2.45, 2.75) is 56.4 Å². The number of rotatable bonds is 5. The molecule has 0 bridgehead atoms. The normalized spacial score (nSPS) is 31.1. The monoisotopic (exact) mass is 435 g/mol. The summed E-state index contributed by atoms with van der Waals surface area (Å²) in [4.78, 5) is 1.83. The Morgan fingerprint density at radius 1 is 1.10 bits per heavy atom. The molecule has 2 aromatic carbocycles. The Hall–Kier alpha value is -1.70. The van der Waals surface area contributed by atoms with E-state index in [1.165, 1.54) is 11.1 Å². The van der Waals surface area contributed by atoms with Gasteiger partial charge >= 0.3 is 0 Å². The van der Waals surface area contributed by atoms with Crippen LogP contribution in [0.4, 0.5) is 10.1 Å². The van der Waals surface area contributed by atoms with E-state index in [0.29, 0.717) is 11.6 Å². The second kappa shape index (κ2) is 8.81. The van der Waals surface area contributed by atoms with Crippen molar-refractivity contribution >= 4 is 17.3 Å². The fourth-order valence-corrected chi connectivity index (χ4v) is 4.85. The lowest BCUT2D eigenvalue weighted by molar-refractivity contribution is -0.210. The van der Waals surface area contributed by atoms with Gasteiger partial charge in [0.2, 0.25) is 0 Å².